The van der Waals surface area contributed by atoms with Gasteiger partial charge >= 0.3 is 26.2 Å². The van der Waals surface area contributed by atoms with Crippen LogP contribution in [0.3, 0.4) is 0 Å². The van der Waals surface area contributed by atoms with Gasteiger partial charge in [-0.1, -0.05) is 141 Å². The summed E-state index contributed by atoms with van der Waals surface area (Å²) in [5, 5.41) is 0. The average molecular weight is 602 g/mol. The fourth-order valence-corrected chi connectivity index (χ4v) is 24.0. The Morgan fingerprint density at radius 3 is 1.21 bits per heavy atom. The molecule has 0 spiro atoms. The van der Waals surface area contributed by atoms with Gasteiger partial charge in [0.15, 0.2) is 0 Å². The van der Waals surface area contributed by atoms with Gasteiger partial charge in [0.1, 0.15) is 0 Å². The molecule has 184 valence electrons. The van der Waals surface area contributed by atoms with Crippen LogP contribution in [0.25, 0.3) is 9.96 Å². The molecule has 0 bridgehead atoms. The van der Waals surface area contributed by atoms with Crippen LogP contribution in [0.15, 0.2) is 60.7 Å². The van der Waals surface area contributed by atoms with Crippen molar-refractivity contribution in [1.29, 1.82) is 0 Å². The molecular formula is C27H46N2Si4Zr. The van der Waals surface area contributed by atoms with E-state index >= 15 is 0 Å². The molecule has 1 aliphatic carbocycles. The second kappa shape index (κ2) is 11.9. The van der Waals surface area contributed by atoms with E-state index in [-0.39, 0.29) is 33.6 Å². The van der Waals surface area contributed by atoms with Crippen LogP contribution in [-0.2, 0) is 26.2 Å². The van der Waals surface area contributed by atoms with Gasteiger partial charge in [0.2, 0.25) is 0 Å². The van der Waals surface area contributed by atoms with Crippen LogP contribution in [0.4, 0.5) is 11.4 Å². The van der Waals surface area contributed by atoms with Crippen LogP contribution in [0, 0.1) is 13.3 Å². The van der Waals surface area contributed by atoms with E-state index in [1.807, 2.05) is 5.92 Å². The van der Waals surface area contributed by atoms with Crippen molar-refractivity contribution in [2.75, 3.05) is 0 Å². The molecule has 0 aromatic heterocycles. The molecule has 1 aliphatic rings. The Hall–Kier alpha value is -0.209. The standard InChI is InChI=1S/C26H43N2Si4.CH3.Zr/c1-22-25(29(2,3)31(6,7)27-23-16-12-10-13-17-23)20-21-26(22)30(4,5)32(8,9)28-24-18-14-11-15-19-24;;/h10-19,25-26H,20-21H2,1-9H3;1H3;/q-3;-1;+4. The summed E-state index contributed by atoms with van der Waals surface area (Å²) in [5.74, 6) is 1.83. The molecule has 1 saturated carbocycles. The summed E-state index contributed by atoms with van der Waals surface area (Å²) in [6.45, 7) is 23.2. The number of hydrogen-bond donors (Lipinski definition) is 0. The predicted molar refractivity (Wildman–Crippen MR) is 161 cm³/mol. The number of benzene rings is 2. The van der Waals surface area contributed by atoms with Crippen molar-refractivity contribution in [2.24, 2.45) is 0 Å². The summed E-state index contributed by atoms with van der Waals surface area (Å²) in [6.07, 6.45) is 2.76. The monoisotopic (exact) mass is 600 g/mol. The minimum absolute atomic E-state index is 0. The Morgan fingerprint density at radius 2 is 0.912 bits per heavy atom. The van der Waals surface area contributed by atoms with Gasteiger partial charge in [0, 0.05) is 0 Å². The molecule has 0 amide bonds. The van der Waals surface area contributed by atoms with Gasteiger partial charge in [-0.3, -0.25) is 0 Å². The maximum atomic E-state index is 5.42. The third-order valence-corrected chi connectivity index (χ3v) is 43.7. The Morgan fingerprint density at radius 1 is 0.618 bits per heavy atom. The summed E-state index contributed by atoms with van der Waals surface area (Å²) in [7, 11) is -6.57. The van der Waals surface area contributed by atoms with Crippen molar-refractivity contribution in [1.82, 2.24) is 0 Å². The maximum Gasteiger partial charge on any atom is 4.00 e. The summed E-state index contributed by atoms with van der Waals surface area (Å²) >= 11 is 0. The Balaban J connectivity index is 0.00000289. The van der Waals surface area contributed by atoms with E-state index in [1.165, 1.54) is 24.2 Å². The Labute approximate surface area is 234 Å². The molecule has 0 saturated heterocycles. The van der Waals surface area contributed by atoms with Crippen molar-refractivity contribution in [3.8, 4) is 0 Å². The summed E-state index contributed by atoms with van der Waals surface area (Å²) in [4.78, 5) is 10.8. The van der Waals surface area contributed by atoms with Crippen molar-refractivity contribution < 1.29 is 26.2 Å². The zero-order chi connectivity index (χ0) is 23.8. The quantitative estimate of drug-likeness (QED) is 0.213. The molecule has 2 unspecified atom stereocenters. The zero-order valence-corrected chi connectivity index (χ0v) is 29.7. The van der Waals surface area contributed by atoms with Crippen molar-refractivity contribution in [3.63, 3.8) is 0 Å². The molecule has 2 nitrogen and oxygen atoms in total. The van der Waals surface area contributed by atoms with Gasteiger partial charge in [0.25, 0.3) is 0 Å². The third-order valence-electron chi connectivity index (χ3n) is 9.07. The molecule has 0 aliphatic heterocycles. The van der Waals surface area contributed by atoms with Crippen LogP contribution in [-0.4, -0.2) is 30.7 Å². The van der Waals surface area contributed by atoms with Crippen LogP contribution in [0.1, 0.15) is 19.8 Å². The second-order valence-electron chi connectivity index (χ2n) is 11.9. The van der Waals surface area contributed by atoms with E-state index in [2.05, 4.69) is 120 Å². The van der Waals surface area contributed by atoms with E-state index in [0.717, 1.165) is 11.1 Å². The largest absolute Gasteiger partial charge is 4.00 e. The molecule has 2 aromatic carbocycles. The first-order valence-electron chi connectivity index (χ1n) is 12.2. The first-order valence-corrected chi connectivity index (χ1v) is 26.2. The number of nitrogens with zero attached hydrogens (tertiary/aromatic N) is 2. The SMILES string of the molecule is C[C-]1C([Si](C)(C)[Si](C)(C)[N-]c2ccccc2)CCC1[Si](C)(C)[Si](C)(C)[N-]c1ccccc1.[CH3-].[Zr+4]. The average Bonchev–Trinajstić information content (AvgIpc) is 3.11. The fraction of sp³-hybridized carbons (Fsp3) is 0.481. The van der Waals surface area contributed by atoms with E-state index in [9.17, 15) is 0 Å². The normalized spacial score (nSPS) is 19.7. The van der Waals surface area contributed by atoms with Gasteiger partial charge < -0.3 is 23.3 Å². The number of hydrogen-bond acceptors (Lipinski definition) is 0. The summed E-state index contributed by atoms with van der Waals surface area (Å²) in [5.41, 5.74) is 3.97. The molecule has 34 heavy (non-hydrogen) atoms. The second-order valence-corrected chi connectivity index (χ2v) is 41.9. The number of rotatable bonds is 8. The van der Waals surface area contributed by atoms with Crippen molar-refractivity contribution >= 4 is 42.1 Å². The van der Waals surface area contributed by atoms with Gasteiger partial charge in [-0.25, -0.2) is 0 Å². The van der Waals surface area contributed by atoms with Gasteiger partial charge in [-0.05, 0) is 15.2 Å². The third kappa shape index (κ3) is 6.37. The van der Waals surface area contributed by atoms with E-state index < -0.39 is 30.7 Å². The van der Waals surface area contributed by atoms with Gasteiger partial charge in [-0.15, -0.1) is 11.4 Å². The van der Waals surface area contributed by atoms with E-state index in [1.54, 1.807) is 0 Å². The fourth-order valence-electron chi connectivity index (χ4n) is 5.68. The van der Waals surface area contributed by atoms with Crippen molar-refractivity contribution in [3.05, 3.63) is 84.0 Å². The van der Waals surface area contributed by atoms with E-state index in [4.69, 9.17) is 9.96 Å². The summed E-state index contributed by atoms with van der Waals surface area (Å²) in [6, 6.07) is 21.4. The first-order chi connectivity index (χ1) is 14.8. The predicted octanol–water partition coefficient (Wildman–Crippen LogP) is 9.96. The van der Waals surface area contributed by atoms with Crippen LogP contribution < -0.4 is 0 Å². The molecule has 2 atom stereocenters. The first kappa shape index (κ1) is 31.8. The Bertz CT molecular complexity index is 815. The minimum atomic E-state index is -1.73. The molecule has 0 radical (unpaired) electrons. The molecule has 0 N–H and O–H groups in total. The molecule has 3 rings (SSSR count). The topological polar surface area (TPSA) is 28.2 Å². The van der Waals surface area contributed by atoms with Crippen LogP contribution >= 0.6 is 0 Å². The molecule has 7 heteroatoms. The Kier molecular flexibility index (Phi) is 11.1. The van der Waals surface area contributed by atoms with E-state index in [0.29, 0.717) is 0 Å². The molecule has 1 fully saturated rings. The maximum absolute atomic E-state index is 5.42. The zero-order valence-electron chi connectivity index (χ0n) is 23.2. The van der Waals surface area contributed by atoms with Gasteiger partial charge in [-0.2, -0.15) is 18.0 Å². The van der Waals surface area contributed by atoms with Crippen molar-refractivity contribution in [2.45, 2.75) is 83.2 Å². The van der Waals surface area contributed by atoms with Crippen LogP contribution in [0.2, 0.25) is 63.5 Å². The smallest absolute Gasteiger partial charge is 0.689 e. The molecule has 0 heterocycles. The molecule has 2 aromatic rings. The van der Waals surface area contributed by atoms with Gasteiger partial charge in [0.05, 0.1) is 0 Å². The summed E-state index contributed by atoms with van der Waals surface area (Å²) < 4.78 is 0. The molecular weight excluding hydrogens is 556 g/mol. The minimum Gasteiger partial charge on any atom is -0.689 e. The van der Waals surface area contributed by atoms with Crippen LogP contribution in [0.5, 0.6) is 0 Å².